The second-order valence-electron chi connectivity index (χ2n) is 21.5. The molecule has 3 unspecified atom stereocenters. The quantitative estimate of drug-likeness (QED) is 0.0717. The van der Waals surface area contributed by atoms with Crippen LogP contribution in [0.1, 0.15) is 93.2 Å². The number of rotatable bonds is 15. The van der Waals surface area contributed by atoms with Crippen molar-refractivity contribution in [1.29, 1.82) is 15.8 Å². The molecule has 3 atom stereocenters. The van der Waals surface area contributed by atoms with Gasteiger partial charge >= 0.3 is 20.1 Å². The number of hydrogen-bond acceptors (Lipinski definition) is 15. The van der Waals surface area contributed by atoms with Crippen molar-refractivity contribution in [3.8, 4) is 52.0 Å². The molecule has 6 aromatic carbocycles. The van der Waals surface area contributed by atoms with Crippen LogP contribution in [0.15, 0.2) is 164 Å². The van der Waals surface area contributed by atoms with Crippen molar-refractivity contribution in [3.05, 3.63) is 199 Å². The summed E-state index contributed by atoms with van der Waals surface area (Å²) in [7, 11) is 0. The number of thiocarbonyl (C=S) groups is 3. The normalized spacial score (nSPS) is 12.4. The van der Waals surface area contributed by atoms with Gasteiger partial charge < -0.3 is 15.0 Å². The predicted molar refractivity (Wildman–Crippen MR) is 379 cm³/mol. The third kappa shape index (κ3) is 19.8. The molecule has 0 spiro atoms. The summed E-state index contributed by atoms with van der Waals surface area (Å²) in [6, 6.07) is 66.9. The Bertz CT molecular complexity index is 3450. The fraction of sp³-hybridized carbons (Fsp3) is 0.261. The molecule has 0 amide bonds. The van der Waals surface area contributed by atoms with Crippen molar-refractivity contribution in [2.45, 2.75) is 76.6 Å². The van der Waals surface area contributed by atoms with Gasteiger partial charge in [-0.25, -0.2) is 0 Å². The monoisotopic (exact) mass is 1460 g/mol. The summed E-state index contributed by atoms with van der Waals surface area (Å²) >= 11 is 26.0. The molecule has 0 N–H and O–H groups in total. The van der Waals surface area contributed by atoms with Crippen molar-refractivity contribution >= 4 is 150 Å². The van der Waals surface area contributed by atoms with Gasteiger partial charge in [0.1, 0.15) is 10.6 Å². The van der Waals surface area contributed by atoms with Gasteiger partial charge in [-0.3, -0.25) is 0 Å². The number of nitrogens with zero attached hydrogens (tertiary/aromatic N) is 6. The van der Waals surface area contributed by atoms with E-state index < -0.39 is 16.2 Å². The third-order valence-corrected chi connectivity index (χ3v) is 22.1. The number of pyridine rings is 3. The van der Waals surface area contributed by atoms with Gasteiger partial charge in [0.2, 0.25) is 0 Å². The van der Waals surface area contributed by atoms with Gasteiger partial charge in [0.15, 0.2) is 0 Å². The van der Waals surface area contributed by atoms with E-state index >= 15 is 0 Å². The van der Waals surface area contributed by atoms with Crippen LogP contribution >= 0.6 is 107 Å². The van der Waals surface area contributed by atoms with Crippen LogP contribution in [0.3, 0.4) is 0 Å². The molecule has 85 heavy (non-hydrogen) atoms. The first-order valence-electron chi connectivity index (χ1n) is 26.8. The molecule has 432 valence electrons. The van der Waals surface area contributed by atoms with Crippen LogP contribution in [0.25, 0.3) is 66.1 Å². The first-order valence-corrected chi connectivity index (χ1v) is 34.4. The van der Waals surface area contributed by atoms with E-state index in [1.807, 2.05) is 152 Å². The van der Waals surface area contributed by atoms with Gasteiger partial charge in [-0.1, -0.05) is 109 Å². The molecular formula is C69H63IrN6S9. The van der Waals surface area contributed by atoms with E-state index in [1.54, 1.807) is 70.6 Å². The number of fused-ring (bicyclic) bond motifs is 3. The minimum Gasteiger partial charge on any atom is -0.304 e. The van der Waals surface area contributed by atoms with E-state index in [-0.39, 0.29) is 35.9 Å². The Balaban J connectivity index is 0.000000203. The zero-order chi connectivity index (χ0) is 60.4. The molecule has 3 heterocycles. The van der Waals surface area contributed by atoms with Crippen LogP contribution < -0.4 is 0 Å². The van der Waals surface area contributed by atoms with Gasteiger partial charge in [0.25, 0.3) is 0 Å². The molecule has 3 aromatic heterocycles. The van der Waals surface area contributed by atoms with Crippen LogP contribution in [0.4, 0.5) is 0 Å². The van der Waals surface area contributed by atoms with Crippen LogP contribution in [0.5, 0.6) is 0 Å². The molecule has 9 rings (SSSR count). The SMILES string of the molecule is CSC(=S)SC(CC(C)(C)C#N)c1c[c-]c(-c2nccc3ccccc23)cc1.CSC(=S)SC(CC(C)(C)C#N)c1c[c-]c(-c2nccc3ccccc23)cc1.CSC(=S)SC(CC(C)(C)C#N)c1c[c-]c(-c2nccc3ccccc23)cc1.[Ir+3]. The largest absolute Gasteiger partial charge is 3.00 e. The van der Waals surface area contributed by atoms with Crippen molar-refractivity contribution in [2.24, 2.45) is 16.2 Å². The molecular weight excluding hydrogens is 1390 g/mol. The molecule has 0 saturated heterocycles. The Morgan fingerprint density at radius 3 is 0.906 bits per heavy atom. The summed E-state index contributed by atoms with van der Waals surface area (Å²) in [5.74, 6) is 0. The minimum atomic E-state index is -0.415. The molecule has 0 aliphatic rings. The van der Waals surface area contributed by atoms with Crippen molar-refractivity contribution < 1.29 is 20.1 Å². The third-order valence-electron chi connectivity index (χ3n) is 13.6. The molecule has 16 heteroatoms. The van der Waals surface area contributed by atoms with Crippen LogP contribution in [0.2, 0.25) is 0 Å². The molecule has 0 aliphatic carbocycles. The standard InChI is InChI=1S/3C23H21N2S3.Ir/c3*1-23(2,15-24)14-20(28-22(26)27-3)17-8-10-18(11-9-17)21-19-7-5-4-6-16(19)12-13-25-21;/h3*4-10,12-13,20H,14H2,1-3H3;/q3*-1;+3. The zero-order valence-corrected chi connectivity index (χ0v) is 58.4. The maximum Gasteiger partial charge on any atom is 3.00 e. The second kappa shape index (κ2) is 32.9. The van der Waals surface area contributed by atoms with E-state index in [1.165, 1.54) is 16.2 Å². The van der Waals surface area contributed by atoms with E-state index in [9.17, 15) is 15.8 Å². The van der Waals surface area contributed by atoms with Gasteiger partial charge in [-0.2, -0.15) is 15.8 Å². The van der Waals surface area contributed by atoms with Crippen LogP contribution in [-0.2, 0) is 20.1 Å². The predicted octanol–water partition coefficient (Wildman–Crippen LogP) is 21.2. The molecule has 0 bridgehead atoms. The molecule has 0 radical (unpaired) electrons. The van der Waals surface area contributed by atoms with Crippen LogP contribution in [0, 0.1) is 68.4 Å². The summed E-state index contributed by atoms with van der Waals surface area (Å²) in [4.78, 5) is 13.7. The average Bonchev–Trinajstić information content (AvgIpc) is 3.39. The van der Waals surface area contributed by atoms with Gasteiger partial charge in [-0.15, -0.1) is 177 Å². The van der Waals surface area contributed by atoms with Crippen molar-refractivity contribution in [2.75, 3.05) is 18.8 Å². The van der Waals surface area contributed by atoms with Crippen molar-refractivity contribution in [3.63, 3.8) is 0 Å². The molecule has 0 fully saturated rings. The zero-order valence-electron chi connectivity index (χ0n) is 48.6. The topological polar surface area (TPSA) is 110 Å². The number of benzene rings is 6. The summed E-state index contributed by atoms with van der Waals surface area (Å²) in [6.07, 6.45) is 13.7. The number of aromatic nitrogens is 3. The first-order chi connectivity index (χ1) is 40.3. The Labute approximate surface area is 558 Å². The maximum absolute atomic E-state index is 9.46. The van der Waals surface area contributed by atoms with E-state index in [0.29, 0.717) is 0 Å². The summed E-state index contributed by atoms with van der Waals surface area (Å²) in [6.45, 7) is 11.8. The van der Waals surface area contributed by atoms with Gasteiger partial charge in [0.05, 0.1) is 34.5 Å². The number of thioether (sulfide) groups is 6. The van der Waals surface area contributed by atoms with Gasteiger partial charge in [-0.05, 0) is 147 Å². The molecule has 9 aromatic rings. The average molecular weight is 1460 g/mol. The van der Waals surface area contributed by atoms with E-state index in [0.717, 1.165) is 96.5 Å². The van der Waals surface area contributed by atoms with Crippen molar-refractivity contribution in [1.82, 2.24) is 15.0 Å². The minimum absolute atomic E-state index is 0. The van der Waals surface area contributed by atoms with Gasteiger partial charge in [0, 0.05) is 34.3 Å². The Hall–Kier alpha value is -4.96. The molecule has 6 nitrogen and oxygen atoms in total. The maximum atomic E-state index is 9.46. The second-order valence-corrected chi connectivity index (χ2v) is 31.2. The van der Waals surface area contributed by atoms with Crippen LogP contribution in [-0.4, -0.2) is 44.3 Å². The molecule has 0 saturated carbocycles. The molecule has 0 aliphatic heterocycles. The van der Waals surface area contributed by atoms with E-state index in [2.05, 4.69) is 124 Å². The summed E-state index contributed by atoms with van der Waals surface area (Å²) in [5, 5.41) is 35.6. The summed E-state index contributed by atoms with van der Waals surface area (Å²) < 4.78 is 2.66. The fourth-order valence-corrected chi connectivity index (χ4v) is 15.3. The fourth-order valence-electron chi connectivity index (χ4n) is 9.06. The smallest absolute Gasteiger partial charge is 0.304 e. The Morgan fingerprint density at radius 2 is 0.682 bits per heavy atom. The first kappa shape index (κ1) is 69.1. The van der Waals surface area contributed by atoms with E-state index in [4.69, 9.17) is 36.7 Å². The Morgan fingerprint density at radius 1 is 0.424 bits per heavy atom. The number of hydrogen-bond donors (Lipinski definition) is 0. The number of nitriles is 3. The summed E-state index contributed by atoms with van der Waals surface area (Å²) in [5.41, 5.74) is 7.87. The Kier molecular flexibility index (Phi) is 26.7.